The third-order valence-electron chi connectivity index (χ3n) is 5.48. The molecule has 10 heteroatoms. The number of nitrogens with zero attached hydrogens (tertiary/aromatic N) is 3. The Bertz CT molecular complexity index is 1040. The summed E-state index contributed by atoms with van der Waals surface area (Å²) in [6, 6.07) is 11.8. The number of rotatable bonds is 5. The van der Waals surface area contributed by atoms with Crippen LogP contribution in [-0.2, 0) is 14.3 Å². The lowest BCUT2D eigenvalue weighted by molar-refractivity contribution is -0.385. The second-order valence-corrected chi connectivity index (χ2v) is 7.70. The van der Waals surface area contributed by atoms with Crippen molar-refractivity contribution in [3.63, 3.8) is 0 Å². The number of nitro benzene ring substituents is 1. The first-order valence-corrected chi connectivity index (χ1v) is 10.3. The molecule has 0 saturated carbocycles. The summed E-state index contributed by atoms with van der Waals surface area (Å²) < 4.78 is 11.3. The Labute approximate surface area is 184 Å². The molecule has 0 radical (unpaired) electrons. The fourth-order valence-electron chi connectivity index (χ4n) is 3.83. The van der Waals surface area contributed by atoms with E-state index in [0.29, 0.717) is 49.0 Å². The molecule has 0 bridgehead atoms. The molecular weight excluding hydrogens is 416 g/mol. The second kappa shape index (κ2) is 9.23. The van der Waals surface area contributed by atoms with Crippen molar-refractivity contribution >= 4 is 28.9 Å². The van der Waals surface area contributed by atoms with Gasteiger partial charge in [-0.15, -0.1) is 0 Å². The molecule has 2 amide bonds. The smallest absolute Gasteiger partial charge is 0.274 e. The zero-order valence-electron chi connectivity index (χ0n) is 17.7. The number of fused-ring (bicyclic) bond motifs is 1. The van der Waals surface area contributed by atoms with E-state index in [1.165, 1.54) is 6.07 Å². The highest BCUT2D eigenvalue weighted by Gasteiger charge is 2.34. The highest BCUT2D eigenvalue weighted by Crippen LogP contribution is 2.33. The van der Waals surface area contributed by atoms with Gasteiger partial charge in [-0.3, -0.25) is 19.7 Å². The quantitative estimate of drug-likeness (QED) is 0.558. The zero-order valence-corrected chi connectivity index (χ0v) is 17.7. The number of carbonyl (C=O) groups excluding carboxylic acids is 2. The van der Waals surface area contributed by atoms with Gasteiger partial charge in [0.2, 0.25) is 5.91 Å². The van der Waals surface area contributed by atoms with Crippen LogP contribution in [0.25, 0.3) is 0 Å². The molecule has 2 aliphatic heterocycles. The molecule has 1 saturated heterocycles. The molecule has 0 aliphatic carbocycles. The molecular formula is C22H24N4O6. The lowest BCUT2D eigenvalue weighted by atomic mass is 10.1. The van der Waals surface area contributed by atoms with E-state index in [-0.39, 0.29) is 30.6 Å². The summed E-state index contributed by atoms with van der Waals surface area (Å²) >= 11 is 0. The maximum Gasteiger partial charge on any atom is 0.274 e. The third-order valence-corrected chi connectivity index (χ3v) is 5.48. The number of ether oxygens (including phenoxy) is 2. The number of carbonyl (C=O) groups is 2. The van der Waals surface area contributed by atoms with Crippen LogP contribution in [0.4, 0.5) is 17.1 Å². The Morgan fingerprint density at radius 3 is 2.69 bits per heavy atom. The molecule has 4 rings (SSSR count). The van der Waals surface area contributed by atoms with E-state index in [2.05, 4.69) is 5.32 Å². The highest BCUT2D eigenvalue weighted by molar-refractivity contribution is 5.95. The summed E-state index contributed by atoms with van der Waals surface area (Å²) in [5.74, 6) is 0.0453. The van der Waals surface area contributed by atoms with Crippen LogP contribution >= 0.6 is 0 Å². The van der Waals surface area contributed by atoms with Gasteiger partial charge in [-0.25, -0.2) is 0 Å². The minimum absolute atomic E-state index is 0.0328. The Morgan fingerprint density at radius 2 is 1.94 bits per heavy atom. The average molecular weight is 440 g/mol. The molecule has 1 atom stereocenters. The molecule has 32 heavy (non-hydrogen) atoms. The van der Waals surface area contributed by atoms with Crippen LogP contribution in [0, 0.1) is 17.0 Å². The van der Waals surface area contributed by atoms with Crippen molar-refractivity contribution < 1.29 is 24.0 Å². The minimum Gasteiger partial charge on any atom is -0.477 e. The number of para-hydroxylation sites is 2. The monoisotopic (exact) mass is 440 g/mol. The van der Waals surface area contributed by atoms with Crippen molar-refractivity contribution in [3.05, 3.63) is 58.1 Å². The van der Waals surface area contributed by atoms with E-state index in [4.69, 9.17) is 9.47 Å². The van der Waals surface area contributed by atoms with Crippen LogP contribution in [-0.4, -0.2) is 67.1 Å². The van der Waals surface area contributed by atoms with Gasteiger partial charge in [-0.2, -0.15) is 0 Å². The second-order valence-electron chi connectivity index (χ2n) is 7.70. The number of nitrogens with one attached hydrogen (secondary N) is 1. The van der Waals surface area contributed by atoms with Crippen LogP contribution < -0.4 is 15.0 Å². The van der Waals surface area contributed by atoms with Crippen molar-refractivity contribution in [2.24, 2.45) is 0 Å². The highest BCUT2D eigenvalue weighted by atomic mass is 16.6. The van der Waals surface area contributed by atoms with Gasteiger partial charge in [0.1, 0.15) is 5.75 Å². The van der Waals surface area contributed by atoms with Gasteiger partial charge < -0.3 is 24.6 Å². The number of morpholine rings is 1. The zero-order chi connectivity index (χ0) is 22.7. The maximum atomic E-state index is 13.0. The number of hydrogen-bond acceptors (Lipinski definition) is 7. The standard InChI is InChI=1S/C22H24N4O6/c1-15-6-7-16(12-18(15)26(29)30)23-21(27)14-25-13-20(22(28)24-8-10-31-11-9-24)32-19-5-3-2-4-17(19)25/h2-7,12,20H,8-11,13-14H2,1H3,(H,23,27). The Balaban J connectivity index is 1.49. The number of benzene rings is 2. The van der Waals surface area contributed by atoms with Crippen molar-refractivity contribution in [2.45, 2.75) is 13.0 Å². The van der Waals surface area contributed by atoms with Crippen molar-refractivity contribution in [1.29, 1.82) is 0 Å². The Hall–Kier alpha value is -3.66. The van der Waals surface area contributed by atoms with Crippen LogP contribution in [0.1, 0.15) is 5.56 Å². The molecule has 2 aromatic rings. The predicted octanol–water partition coefficient (Wildman–Crippen LogP) is 1.97. The number of aryl methyl sites for hydroxylation is 1. The van der Waals surface area contributed by atoms with Crippen LogP contribution in [0.2, 0.25) is 0 Å². The van der Waals surface area contributed by atoms with Gasteiger partial charge in [0.25, 0.3) is 11.6 Å². The van der Waals surface area contributed by atoms with E-state index in [1.807, 2.05) is 18.2 Å². The molecule has 0 spiro atoms. The molecule has 2 heterocycles. The summed E-state index contributed by atoms with van der Waals surface area (Å²) in [4.78, 5) is 39.9. The molecule has 168 valence electrons. The van der Waals surface area contributed by atoms with Crippen molar-refractivity contribution in [2.75, 3.05) is 49.6 Å². The SMILES string of the molecule is Cc1ccc(NC(=O)CN2CC(C(=O)N3CCOCC3)Oc3ccccc32)cc1[N+](=O)[O-]. The van der Waals surface area contributed by atoms with E-state index in [0.717, 1.165) is 0 Å². The molecule has 1 fully saturated rings. The van der Waals surface area contributed by atoms with Crippen LogP contribution in [0.15, 0.2) is 42.5 Å². The summed E-state index contributed by atoms with van der Waals surface area (Å²) in [5, 5.41) is 13.9. The van der Waals surface area contributed by atoms with Gasteiger partial charge in [-0.1, -0.05) is 18.2 Å². The number of nitro groups is 1. The predicted molar refractivity (Wildman–Crippen MR) is 117 cm³/mol. The lowest BCUT2D eigenvalue weighted by Crippen LogP contribution is -2.53. The van der Waals surface area contributed by atoms with Crippen LogP contribution in [0.3, 0.4) is 0 Å². The van der Waals surface area contributed by atoms with Crippen molar-refractivity contribution in [3.8, 4) is 5.75 Å². The van der Waals surface area contributed by atoms with Crippen LogP contribution in [0.5, 0.6) is 5.75 Å². The molecule has 10 nitrogen and oxygen atoms in total. The maximum absolute atomic E-state index is 13.0. The van der Waals surface area contributed by atoms with E-state index >= 15 is 0 Å². The van der Waals surface area contributed by atoms with Gasteiger partial charge in [0, 0.05) is 30.4 Å². The average Bonchev–Trinajstić information content (AvgIpc) is 2.80. The van der Waals surface area contributed by atoms with E-state index in [9.17, 15) is 19.7 Å². The summed E-state index contributed by atoms with van der Waals surface area (Å²) in [6.45, 7) is 3.82. The van der Waals surface area contributed by atoms with Gasteiger partial charge in [-0.05, 0) is 25.1 Å². The molecule has 0 aromatic heterocycles. The third kappa shape index (κ3) is 4.65. The summed E-state index contributed by atoms with van der Waals surface area (Å²) in [7, 11) is 0. The summed E-state index contributed by atoms with van der Waals surface area (Å²) in [6.07, 6.45) is -0.740. The number of anilines is 2. The van der Waals surface area contributed by atoms with E-state index < -0.39 is 11.0 Å². The fraction of sp³-hybridized carbons (Fsp3) is 0.364. The normalized spacial score (nSPS) is 17.8. The molecule has 2 aromatic carbocycles. The topological polar surface area (TPSA) is 114 Å². The number of amides is 2. The first-order chi connectivity index (χ1) is 15.4. The largest absolute Gasteiger partial charge is 0.477 e. The van der Waals surface area contributed by atoms with Gasteiger partial charge in [0.05, 0.1) is 36.9 Å². The Kier molecular flexibility index (Phi) is 6.22. The fourth-order valence-corrected chi connectivity index (χ4v) is 3.83. The first kappa shape index (κ1) is 21.6. The van der Waals surface area contributed by atoms with Gasteiger partial charge >= 0.3 is 0 Å². The summed E-state index contributed by atoms with van der Waals surface area (Å²) in [5.41, 5.74) is 1.51. The molecule has 1 unspecified atom stereocenters. The lowest BCUT2D eigenvalue weighted by Gasteiger charge is -2.38. The molecule has 2 aliphatic rings. The van der Waals surface area contributed by atoms with Crippen molar-refractivity contribution in [1.82, 2.24) is 4.90 Å². The molecule has 1 N–H and O–H groups in total. The Morgan fingerprint density at radius 1 is 1.19 bits per heavy atom. The minimum atomic E-state index is -0.740. The number of hydrogen-bond donors (Lipinski definition) is 1. The first-order valence-electron chi connectivity index (χ1n) is 10.3. The van der Waals surface area contributed by atoms with E-state index in [1.54, 1.807) is 34.9 Å². The van der Waals surface area contributed by atoms with Gasteiger partial charge in [0.15, 0.2) is 6.10 Å².